The summed E-state index contributed by atoms with van der Waals surface area (Å²) in [4.78, 5) is 12.1. The standard InChI is InChI=1S/C28H18O3/c29-28(30)22-12-6-5-11-21(22)25-23-15-13-17-7-1-3-9-19(17)26(23)31-27-20-10-4-2-8-18(20)14-16-24(25)27/h1-16,25H,(H,29,30). The molecule has 0 fully saturated rings. The van der Waals surface area contributed by atoms with E-state index in [1.807, 2.05) is 36.4 Å². The van der Waals surface area contributed by atoms with Gasteiger partial charge in [-0.15, -0.1) is 0 Å². The zero-order valence-electron chi connectivity index (χ0n) is 16.6. The van der Waals surface area contributed by atoms with E-state index < -0.39 is 5.97 Å². The van der Waals surface area contributed by atoms with Crippen LogP contribution in [-0.4, -0.2) is 11.1 Å². The zero-order valence-corrected chi connectivity index (χ0v) is 16.6. The van der Waals surface area contributed by atoms with E-state index in [9.17, 15) is 9.90 Å². The Bertz CT molecular complexity index is 1410. The summed E-state index contributed by atoms with van der Waals surface area (Å²) in [5.74, 6) is 0.436. The summed E-state index contributed by atoms with van der Waals surface area (Å²) in [5, 5.41) is 14.1. The van der Waals surface area contributed by atoms with Crippen LogP contribution in [0.15, 0.2) is 97.1 Å². The molecule has 6 rings (SSSR count). The Balaban J connectivity index is 1.74. The molecule has 3 nitrogen and oxygen atoms in total. The van der Waals surface area contributed by atoms with Crippen molar-refractivity contribution < 1.29 is 14.6 Å². The third-order valence-corrected chi connectivity index (χ3v) is 6.15. The first kappa shape index (κ1) is 17.7. The quantitative estimate of drug-likeness (QED) is 0.340. The van der Waals surface area contributed by atoms with Gasteiger partial charge in [-0.2, -0.15) is 0 Å². The average Bonchev–Trinajstić information content (AvgIpc) is 2.82. The van der Waals surface area contributed by atoms with E-state index in [1.165, 1.54) is 0 Å². The predicted octanol–water partition coefficient (Wildman–Crippen LogP) is 6.98. The van der Waals surface area contributed by atoms with Crippen molar-refractivity contribution in [2.75, 3.05) is 0 Å². The lowest BCUT2D eigenvalue weighted by atomic mass is 9.79. The maximum atomic E-state index is 12.1. The third kappa shape index (κ3) is 2.63. The van der Waals surface area contributed by atoms with Gasteiger partial charge in [0.15, 0.2) is 0 Å². The summed E-state index contributed by atoms with van der Waals surface area (Å²) in [6.07, 6.45) is 0. The normalized spacial score (nSPS) is 12.9. The van der Waals surface area contributed by atoms with Crippen LogP contribution in [0.5, 0.6) is 11.5 Å². The topological polar surface area (TPSA) is 46.5 Å². The summed E-state index contributed by atoms with van der Waals surface area (Å²) < 4.78 is 6.61. The van der Waals surface area contributed by atoms with Gasteiger partial charge in [-0.1, -0.05) is 91.0 Å². The largest absolute Gasteiger partial charge is 0.478 e. The summed E-state index contributed by atoms with van der Waals surface area (Å²) >= 11 is 0. The number of fused-ring (bicyclic) bond motifs is 6. The summed E-state index contributed by atoms with van der Waals surface area (Å²) in [6, 6.07) is 31.9. The number of benzene rings is 5. The monoisotopic (exact) mass is 402 g/mol. The third-order valence-electron chi connectivity index (χ3n) is 6.15. The molecular formula is C28H18O3. The predicted molar refractivity (Wildman–Crippen MR) is 122 cm³/mol. The Kier molecular flexibility index (Phi) is 3.84. The Morgan fingerprint density at radius 3 is 1.71 bits per heavy atom. The molecule has 0 aliphatic carbocycles. The van der Waals surface area contributed by atoms with Gasteiger partial charge >= 0.3 is 5.97 Å². The van der Waals surface area contributed by atoms with E-state index in [2.05, 4.69) is 48.5 Å². The van der Waals surface area contributed by atoms with Crippen LogP contribution in [0.3, 0.4) is 0 Å². The summed E-state index contributed by atoms with van der Waals surface area (Å²) in [7, 11) is 0. The zero-order chi connectivity index (χ0) is 20.9. The SMILES string of the molecule is O=C(O)c1ccccc1C1c2ccc3ccccc3c2Oc2c1ccc1ccccc21. The molecule has 0 spiro atoms. The lowest BCUT2D eigenvalue weighted by molar-refractivity contribution is 0.0695. The maximum Gasteiger partial charge on any atom is 0.335 e. The molecular weight excluding hydrogens is 384 g/mol. The van der Waals surface area contributed by atoms with E-state index in [1.54, 1.807) is 12.1 Å². The molecule has 0 saturated carbocycles. The van der Waals surface area contributed by atoms with Gasteiger partial charge in [-0.25, -0.2) is 4.79 Å². The number of ether oxygens (including phenoxy) is 1. The molecule has 0 unspecified atom stereocenters. The molecule has 31 heavy (non-hydrogen) atoms. The molecule has 148 valence electrons. The van der Waals surface area contributed by atoms with Gasteiger partial charge in [-0.05, 0) is 22.4 Å². The number of hydrogen-bond donors (Lipinski definition) is 1. The van der Waals surface area contributed by atoms with E-state index in [-0.39, 0.29) is 5.92 Å². The van der Waals surface area contributed by atoms with Crippen molar-refractivity contribution in [2.45, 2.75) is 5.92 Å². The minimum absolute atomic E-state index is 0.236. The molecule has 1 N–H and O–H groups in total. The molecule has 1 aliphatic heterocycles. The molecule has 0 amide bonds. The highest BCUT2D eigenvalue weighted by Crippen LogP contribution is 2.52. The second-order valence-electron chi connectivity index (χ2n) is 7.84. The average molecular weight is 402 g/mol. The molecule has 0 radical (unpaired) electrons. The Labute approximate surface area is 179 Å². The van der Waals surface area contributed by atoms with Crippen molar-refractivity contribution >= 4 is 27.5 Å². The van der Waals surface area contributed by atoms with Crippen LogP contribution >= 0.6 is 0 Å². The number of hydrogen-bond acceptors (Lipinski definition) is 2. The molecule has 3 heteroatoms. The van der Waals surface area contributed by atoms with Crippen molar-refractivity contribution in [1.29, 1.82) is 0 Å². The maximum absolute atomic E-state index is 12.1. The number of carboxylic acid groups (broad SMARTS) is 1. The van der Waals surface area contributed by atoms with Crippen LogP contribution in [-0.2, 0) is 0 Å². The van der Waals surface area contributed by atoms with E-state index in [0.717, 1.165) is 49.7 Å². The molecule has 1 aliphatic rings. The van der Waals surface area contributed by atoms with Crippen LogP contribution in [0.25, 0.3) is 21.5 Å². The first-order valence-corrected chi connectivity index (χ1v) is 10.3. The molecule has 5 aromatic rings. The fourth-order valence-electron chi connectivity index (χ4n) is 4.75. The molecule has 1 heterocycles. The number of carboxylic acids is 1. The number of rotatable bonds is 2. The van der Waals surface area contributed by atoms with Crippen molar-refractivity contribution in [1.82, 2.24) is 0 Å². The van der Waals surface area contributed by atoms with E-state index in [4.69, 9.17) is 4.74 Å². The Hall–Kier alpha value is -4.11. The van der Waals surface area contributed by atoms with E-state index in [0.29, 0.717) is 5.56 Å². The number of carbonyl (C=O) groups is 1. The van der Waals surface area contributed by atoms with Crippen molar-refractivity contribution in [3.05, 3.63) is 119 Å². The highest BCUT2D eigenvalue weighted by atomic mass is 16.5. The number of aromatic carboxylic acids is 1. The van der Waals surface area contributed by atoms with Crippen LogP contribution in [0, 0.1) is 0 Å². The molecule has 5 aromatic carbocycles. The van der Waals surface area contributed by atoms with Crippen LogP contribution in [0.1, 0.15) is 33.0 Å². The second-order valence-corrected chi connectivity index (χ2v) is 7.84. The lowest BCUT2D eigenvalue weighted by Crippen LogP contribution is -2.15. The van der Waals surface area contributed by atoms with Crippen LogP contribution < -0.4 is 4.74 Å². The van der Waals surface area contributed by atoms with Gasteiger partial charge in [0.25, 0.3) is 0 Å². The van der Waals surface area contributed by atoms with Crippen LogP contribution in [0.4, 0.5) is 0 Å². The molecule has 0 aromatic heterocycles. The summed E-state index contributed by atoms with van der Waals surface area (Å²) in [5.41, 5.74) is 3.05. The van der Waals surface area contributed by atoms with Gasteiger partial charge < -0.3 is 9.84 Å². The fourth-order valence-corrected chi connectivity index (χ4v) is 4.75. The van der Waals surface area contributed by atoms with Crippen molar-refractivity contribution in [3.63, 3.8) is 0 Å². The smallest absolute Gasteiger partial charge is 0.335 e. The highest BCUT2D eigenvalue weighted by Gasteiger charge is 2.33. The van der Waals surface area contributed by atoms with Gasteiger partial charge in [0, 0.05) is 27.8 Å². The summed E-state index contributed by atoms with van der Waals surface area (Å²) in [6.45, 7) is 0. The first-order chi connectivity index (χ1) is 15.2. The van der Waals surface area contributed by atoms with Gasteiger partial charge in [0.1, 0.15) is 11.5 Å². The van der Waals surface area contributed by atoms with Crippen molar-refractivity contribution in [2.24, 2.45) is 0 Å². The minimum Gasteiger partial charge on any atom is -0.478 e. The Morgan fingerprint density at radius 1 is 0.613 bits per heavy atom. The lowest BCUT2D eigenvalue weighted by Gasteiger charge is -2.31. The molecule has 0 atom stereocenters. The molecule has 0 bridgehead atoms. The van der Waals surface area contributed by atoms with Gasteiger partial charge in [-0.3, -0.25) is 0 Å². The molecule has 0 saturated heterocycles. The Morgan fingerprint density at radius 2 is 1.13 bits per heavy atom. The first-order valence-electron chi connectivity index (χ1n) is 10.3. The van der Waals surface area contributed by atoms with E-state index >= 15 is 0 Å². The van der Waals surface area contributed by atoms with Crippen molar-refractivity contribution in [3.8, 4) is 11.5 Å². The highest BCUT2D eigenvalue weighted by molar-refractivity contribution is 5.96. The second kappa shape index (κ2) is 6.71. The fraction of sp³-hybridized carbons (Fsp3) is 0.0357. The van der Waals surface area contributed by atoms with Gasteiger partial charge in [0.2, 0.25) is 0 Å². The minimum atomic E-state index is -0.924. The van der Waals surface area contributed by atoms with Gasteiger partial charge in [0.05, 0.1) is 5.56 Å². The van der Waals surface area contributed by atoms with Crippen LogP contribution in [0.2, 0.25) is 0 Å².